The van der Waals surface area contributed by atoms with Gasteiger partial charge in [-0.05, 0) is 53.9 Å². The van der Waals surface area contributed by atoms with Crippen LogP contribution in [0.1, 0.15) is 25.0 Å². The highest BCUT2D eigenvalue weighted by molar-refractivity contribution is 9.10. The number of phenols is 1. The van der Waals surface area contributed by atoms with E-state index in [0.717, 1.165) is 15.6 Å². The molecule has 0 saturated carbocycles. The maximum Gasteiger partial charge on any atom is 0.130 e. The molecule has 0 aliphatic carbocycles. The van der Waals surface area contributed by atoms with Crippen LogP contribution in [0.2, 0.25) is 0 Å². The van der Waals surface area contributed by atoms with Crippen LogP contribution in [-0.2, 0) is 5.54 Å². The largest absolute Gasteiger partial charge is 0.507 e. The molecule has 0 bridgehead atoms. The second-order valence-corrected chi connectivity index (χ2v) is 4.59. The van der Waals surface area contributed by atoms with Gasteiger partial charge in [-0.2, -0.15) is 0 Å². The van der Waals surface area contributed by atoms with E-state index in [4.69, 9.17) is 5.73 Å². The van der Waals surface area contributed by atoms with Gasteiger partial charge in [0.1, 0.15) is 5.75 Å². The summed E-state index contributed by atoms with van der Waals surface area (Å²) in [7, 11) is 0. The second kappa shape index (κ2) is 3.31. The molecule has 0 aromatic heterocycles. The van der Waals surface area contributed by atoms with E-state index >= 15 is 0 Å². The van der Waals surface area contributed by atoms with Crippen LogP contribution in [-0.4, -0.2) is 5.11 Å². The molecule has 2 nitrogen and oxygen atoms in total. The number of phenolic OH excluding ortho intramolecular Hbond substituents is 1. The highest BCUT2D eigenvalue weighted by atomic mass is 79.9. The fourth-order valence-electron chi connectivity index (χ4n) is 1.37. The molecule has 0 aliphatic heterocycles. The molecule has 0 unspecified atom stereocenters. The maximum absolute atomic E-state index is 9.40. The summed E-state index contributed by atoms with van der Waals surface area (Å²) in [5.41, 5.74) is 7.63. The van der Waals surface area contributed by atoms with E-state index in [2.05, 4.69) is 15.9 Å². The average Bonchev–Trinajstić information content (AvgIpc) is 1.98. The van der Waals surface area contributed by atoms with Crippen molar-refractivity contribution in [3.8, 4) is 5.75 Å². The Balaban J connectivity index is 3.35. The highest BCUT2D eigenvalue weighted by Crippen LogP contribution is 2.33. The van der Waals surface area contributed by atoms with Crippen molar-refractivity contribution in [2.45, 2.75) is 26.3 Å². The number of nitrogens with two attached hydrogens (primary N) is 1. The first-order valence-electron chi connectivity index (χ1n) is 4.11. The molecular formula is C10H14BrNO. The number of benzene rings is 1. The lowest BCUT2D eigenvalue weighted by Gasteiger charge is -2.22. The summed E-state index contributed by atoms with van der Waals surface area (Å²) in [6.07, 6.45) is 0. The van der Waals surface area contributed by atoms with Gasteiger partial charge >= 0.3 is 0 Å². The van der Waals surface area contributed by atoms with Gasteiger partial charge in [-0.25, -0.2) is 0 Å². The molecule has 0 fully saturated rings. The predicted octanol–water partition coefficient (Wildman–Crippen LogP) is 2.66. The Morgan fingerprint density at radius 2 is 1.92 bits per heavy atom. The van der Waals surface area contributed by atoms with Crippen molar-refractivity contribution in [3.63, 3.8) is 0 Å². The van der Waals surface area contributed by atoms with Crippen molar-refractivity contribution in [1.82, 2.24) is 0 Å². The highest BCUT2D eigenvalue weighted by Gasteiger charge is 2.18. The number of hydrogen-bond acceptors (Lipinski definition) is 2. The molecule has 1 aromatic rings. The van der Waals surface area contributed by atoms with Gasteiger partial charge in [0.2, 0.25) is 0 Å². The molecule has 0 saturated heterocycles. The van der Waals surface area contributed by atoms with Gasteiger partial charge in [0.15, 0.2) is 0 Å². The van der Waals surface area contributed by atoms with Crippen molar-refractivity contribution in [3.05, 3.63) is 27.7 Å². The molecule has 1 rings (SSSR count). The molecule has 0 spiro atoms. The van der Waals surface area contributed by atoms with Gasteiger partial charge in [0.25, 0.3) is 0 Å². The molecule has 1 aromatic carbocycles. The minimum Gasteiger partial charge on any atom is -0.507 e. The van der Waals surface area contributed by atoms with E-state index in [1.165, 1.54) is 0 Å². The summed E-state index contributed by atoms with van der Waals surface area (Å²) in [4.78, 5) is 0. The molecular weight excluding hydrogens is 230 g/mol. The van der Waals surface area contributed by atoms with Crippen LogP contribution in [0.3, 0.4) is 0 Å². The summed E-state index contributed by atoms with van der Waals surface area (Å²) < 4.78 is 0.725. The summed E-state index contributed by atoms with van der Waals surface area (Å²) >= 11 is 3.32. The zero-order valence-electron chi connectivity index (χ0n) is 8.06. The summed E-state index contributed by atoms with van der Waals surface area (Å²) in [6.45, 7) is 5.82. The first-order valence-corrected chi connectivity index (χ1v) is 4.90. The molecule has 0 amide bonds. The van der Waals surface area contributed by atoms with Gasteiger partial charge in [-0.15, -0.1) is 0 Å². The van der Waals surface area contributed by atoms with Crippen molar-refractivity contribution < 1.29 is 5.11 Å². The van der Waals surface area contributed by atoms with Gasteiger partial charge in [-0.1, -0.05) is 6.07 Å². The van der Waals surface area contributed by atoms with E-state index < -0.39 is 0 Å². The molecule has 0 atom stereocenters. The second-order valence-electron chi connectivity index (χ2n) is 3.79. The molecule has 72 valence electrons. The van der Waals surface area contributed by atoms with E-state index in [1.807, 2.05) is 26.8 Å². The van der Waals surface area contributed by atoms with Crippen LogP contribution in [0.25, 0.3) is 0 Å². The minimum absolute atomic E-state index is 0.255. The van der Waals surface area contributed by atoms with Crippen molar-refractivity contribution in [1.29, 1.82) is 0 Å². The average molecular weight is 244 g/mol. The lowest BCUT2D eigenvalue weighted by Crippen LogP contribution is -2.29. The Morgan fingerprint density at radius 1 is 1.38 bits per heavy atom. The molecule has 0 radical (unpaired) electrons. The molecule has 0 aliphatic rings. The van der Waals surface area contributed by atoms with E-state index in [-0.39, 0.29) is 11.3 Å². The smallest absolute Gasteiger partial charge is 0.130 e. The zero-order chi connectivity index (χ0) is 10.2. The Hall–Kier alpha value is -0.540. The fourth-order valence-corrected chi connectivity index (χ4v) is 1.71. The predicted molar refractivity (Wildman–Crippen MR) is 57.8 cm³/mol. The Kier molecular flexibility index (Phi) is 2.68. The van der Waals surface area contributed by atoms with Crippen LogP contribution in [0.4, 0.5) is 0 Å². The Labute approximate surface area is 86.9 Å². The monoisotopic (exact) mass is 243 g/mol. The van der Waals surface area contributed by atoms with Gasteiger partial charge in [0.05, 0.1) is 4.47 Å². The first kappa shape index (κ1) is 10.5. The number of halogens is 1. The van der Waals surface area contributed by atoms with E-state index in [0.29, 0.717) is 0 Å². The van der Waals surface area contributed by atoms with Crippen LogP contribution in [0.15, 0.2) is 16.6 Å². The maximum atomic E-state index is 9.40. The SMILES string of the molecule is Cc1c(C(C)(C)N)ccc(O)c1Br. The summed E-state index contributed by atoms with van der Waals surface area (Å²) in [6, 6.07) is 3.51. The summed E-state index contributed by atoms with van der Waals surface area (Å²) in [5, 5.41) is 9.40. The topological polar surface area (TPSA) is 46.2 Å². The minimum atomic E-state index is -0.375. The van der Waals surface area contributed by atoms with Crippen molar-refractivity contribution in [2.24, 2.45) is 5.73 Å². The standard InChI is InChI=1S/C10H14BrNO/c1-6-7(10(2,3)12)4-5-8(13)9(6)11/h4-5,13H,12H2,1-3H3. The molecule has 3 N–H and O–H groups in total. The third-order valence-corrected chi connectivity index (χ3v) is 3.06. The van der Waals surface area contributed by atoms with Crippen LogP contribution >= 0.6 is 15.9 Å². The van der Waals surface area contributed by atoms with Crippen molar-refractivity contribution >= 4 is 15.9 Å². The zero-order valence-corrected chi connectivity index (χ0v) is 9.64. The molecule has 0 heterocycles. The third kappa shape index (κ3) is 2.03. The fraction of sp³-hybridized carbons (Fsp3) is 0.400. The van der Waals surface area contributed by atoms with Crippen LogP contribution < -0.4 is 5.73 Å². The number of rotatable bonds is 1. The quantitative estimate of drug-likeness (QED) is 0.797. The molecule has 13 heavy (non-hydrogen) atoms. The molecule has 3 heteroatoms. The van der Waals surface area contributed by atoms with E-state index in [9.17, 15) is 5.11 Å². The van der Waals surface area contributed by atoms with Gasteiger partial charge < -0.3 is 10.8 Å². The van der Waals surface area contributed by atoms with Gasteiger partial charge in [0, 0.05) is 5.54 Å². The third-order valence-electron chi connectivity index (χ3n) is 2.06. The normalized spacial score (nSPS) is 11.8. The van der Waals surface area contributed by atoms with Gasteiger partial charge in [-0.3, -0.25) is 0 Å². The lowest BCUT2D eigenvalue weighted by molar-refractivity contribution is 0.469. The van der Waals surface area contributed by atoms with Crippen LogP contribution in [0.5, 0.6) is 5.75 Å². The Morgan fingerprint density at radius 3 is 2.38 bits per heavy atom. The van der Waals surface area contributed by atoms with Crippen LogP contribution in [0, 0.1) is 6.92 Å². The Bertz CT molecular complexity index is 328. The number of hydrogen-bond donors (Lipinski definition) is 2. The summed E-state index contributed by atoms with van der Waals surface area (Å²) in [5.74, 6) is 0.255. The van der Waals surface area contributed by atoms with Crippen molar-refractivity contribution in [2.75, 3.05) is 0 Å². The van der Waals surface area contributed by atoms with E-state index in [1.54, 1.807) is 6.07 Å². The lowest BCUT2D eigenvalue weighted by atomic mass is 9.91. The number of aromatic hydroxyl groups is 1. The first-order chi connectivity index (χ1) is 5.84.